The van der Waals surface area contributed by atoms with Gasteiger partial charge in [0.25, 0.3) is 0 Å². The molecule has 0 spiro atoms. The number of hydrogen-bond acceptors (Lipinski definition) is 3. The molecule has 1 unspecified atom stereocenters. The number of methoxy groups -OCH3 is 1. The van der Waals surface area contributed by atoms with Gasteiger partial charge in [0.05, 0.1) is 12.1 Å². The zero-order valence-electron chi connectivity index (χ0n) is 8.29. The van der Waals surface area contributed by atoms with E-state index in [-0.39, 0.29) is 0 Å². The standard InChI is InChI=1S/C11H15NO2/c1-14-7-11(12)6-5-8-9(11)3-2-4-10(8)13/h2-4,13H,5-7,12H2,1H3. The molecule has 2 rings (SSSR count). The lowest BCUT2D eigenvalue weighted by atomic mass is 9.94. The molecule has 0 aliphatic heterocycles. The maximum atomic E-state index is 9.64. The molecule has 0 radical (unpaired) electrons. The largest absolute Gasteiger partial charge is 0.508 e. The van der Waals surface area contributed by atoms with Crippen molar-refractivity contribution < 1.29 is 9.84 Å². The van der Waals surface area contributed by atoms with E-state index in [1.807, 2.05) is 12.1 Å². The first-order chi connectivity index (χ1) is 6.67. The Balaban J connectivity index is 2.44. The number of phenols is 1. The van der Waals surface area contributed by atoms with Gasteiger partial charge >= 0.3 is 0 Å². The summed E-state index contributed by atoms with van der Waals surface area (Å²) in [6.07, 6.45) is 1.68. The Morgan fingerprint density at radius 3 is 3.07 bits per heavy atom. The molecule has 1 aliphatic carbocycles. The summed E-state index contributed by atoms with van der Waals surface area (Å²) < 4.78 is 5.12. The van der Waals surface area contributed by atoms with E-state index in [2.05, 4.69) is 0 Å². The van der Waals surface area contributed by atoms with Crippen LogP contribution in [0.3, 0.4) is 0 Å². The molecule has 14 heavy (non-hydrogen) atoms. The van der Waals surface area contributed by atoms with Crippen molar-refractivity contribution in [2.24, 2.45) is 5.73 Å². The van der Waals surface area contributed by atoms with E-state index in [0.717, 1.165) is 24.0 Å². The van der Waals surface area contributed by atoms with Gasteiger partial charge in [-0.05, 0) is 30.0 Å². The van der Waals surface area contributed by atoms with Gasteiger partial charge in [-0.15, -0.1) is 0 Å². The summed E-state index contributed by atoms with van der Waals surface area (Å²) in [5.74, 6) is 0.353. The second kappa shape index (κ2) is 3.26. The Hall–Kier alpha value is -1.06. The van der Waals surface area contributed by atoms with Crippen molar-refractivity contribution in [3.05, 3.63) is 29.3 Å². The average Bonchev–Trinajstić information content (AvgIpc) is 2.47. The fourth-order valence-electron chi connectivity index (χ4n) is 2.19. The number of hydrogen-bond donors (Lipinski definition) is 2. The maximum Gasteiger partial charge on any atom is 0.119 e. The molecule has 1 aromatic carbocycles. The minimum absolute atomic E-state index is 0.353. The first-order valence-corrected chi connectivity index (χ1v) is 4.76. The fourth-order valence-corrected chi connectivity index (χ4v) is 2.19. The van der Waals surface area contributed by atoms with Crippen LogP contribution in [0.5, 0.6) is 5.75 Å². The zero-order valence-corrected chi connectivity index (χ0v) is 8.29. The molecule has 0 saturated heterocycles. The van der Waals surface area contributed by atoms with Crippen LogP contribution in [0.4, 0.5) is 0 Å². The van der Waals surface area contributed by atoms with E-state index >= 15 is 0 Å². The summed E-state index contributed by atoms with van der Waals surface area (Å²) in [4.78, 5) is 0. The Labute approximate surface area is 83.5 Å². The highest BCUT2D eigenvalue weighted by Gasteiger charge is 2.36. The van der Waals surface area contributed by atoms with Crippen LogP contribution in [0.1, 0.15) is 17.5 Å². The molecule has 1 atom stereocenters. The minimum Gasteiger partial charge on any atom is -0.508 e. The number of fused-ring (bicyclic) bond motifs is 1. The van der Waals surface area contributed by atoms with Gasteiger partial charge in [-0.1, -0.05) is 12.1 Å². The molecule has 3 heteroatoms. The first kappa shape index (κ1) is 9.49. The quantitative estimate of drug-likeness (QED) is 0.740. The highest BCUT2D eigenvalue weighted by atomic mass is 16.5. The Kier molecular flexibility index (Phi) is 2.21. The summed E-state index contributed by atoms with van der Waals surface area (Å²) in [5, 5.41) is 9.64. The van der Waals surface area contributed by atoms with Gasteiger partial charge in [-0.25, -0.2) is 0 Å². The topological polar surface area (TPSA) is 55.5 Å². The van der Waals surface area contributed by atoms with E-state index in [1.54, 1.807) is 13.2 Å². The third kappa shape index (κ3) is 1.29. The first-order valence-electron chi connectivity index (χ1n) is 4.76. The number of ether oxygens (including phenoxy) is 1. The number of nitrogens with two attached hydrogens (primary N) is 1. The van der Waals surface area contributed by atoms with E-state index < -0.39 is 5.54 Å². The predicted octanol–water partition coefficient (Wildman–Crippen LogP) is 1.14. The van der Waals surface area contributed by atoms with E-state index in [9.17, 15) is 5.11 Å². The summed E-state index contributed by atoms with van der Waals surface area (Å²) in [6, 6.07) is 5.51. The highest BCUT2D eigenvalue weighted by molar-refractivity contribution is 5.46. The molecule has 0 heterocycles. The van der Waals surface area contributed by atoms with Gasteiger partial charge in [0.2, 0.25) is 0 Å². The van der Waals surface area contributed by atoms with E-state index in [0.29, 0.717) is 12.4 Å². The van der Waals surface area contributed by atoms with Gasteiger partial charge in [0.1, 0.15) is 5.75 Å². The second-order valence-electron chi connectivity index (χ2n) is 3.89. The molecule has 1 aliphatic rings. The van der Waals surface area contributed by atoms with Gasteiger partial charge in [-0.3, -0.25) is 0 Å². The lowest BCUT2D eigenvalue weighted by Crippen LogP contribution is -2.38. The van der Waals surface area contributed by atoms with Gasteiger partial charge < -0.3 is 15.6 Å². The number of rotatable bonds is 2. The lowest BCUT2D eigenvalue weighted by molar-refractivity contribution is 0.132. The number of benzene rings is 1. The third-order valence-corrected chi connectivity index (χ3v) is 2.91. The molecule has 1 aromatic rings. The van der Waals surface area contributed by atoms with Crippen LogP contribution in [0.25, 0.3) is 0 Å². The molecule has 3 nitrogen and oxygen atoms in total. The summed E-state index contributed by atoms with van der Waals surface area (Å²) >= 11 is 0. The van der Waals surface area contributed by atoms with E-state index in [1.165, 1.54) is 0 Å². The molecular formula is C11H15NO2. The molecule has 0 aromatic heterocycles. The number of aromatic hydroxyl groups is 1. The number of phenolic OH excluding ortho intramolecular Hbond substituents is 1. The zero-order chi connectivity index (χ0) is 10.2. The Bertz CT molecular complexity index is 351. The molecule has 0 amide bonds. The summed E-state index contributed by atoms with van der Waals surface area (Å²) in [6.45, 7) is 0.503. The van der Waals surface area contributed by atoms with Crippen molar-refractivity contribution in [1.82, 2.24) is 0 Å². The maximum absolute atomic E-state index is 9.64. The van der Waals surface area contributed by atoms with Crippen molar-refractivity contribution >= 4 is 0 Å². The summed E-state index contributed by atoms with van der Waals surface area (Å²) in [7, 11) is 1.65. The summed E-state index contributed by atoms with van der Waals surface area (Å²) in [5.41, 5.74) is 7.81. The molecule has 3 N–H and O–H groups in total. The van der Waals surface area contributed by atoms with Gasteiger partial charge in [0, 0.05) is 7.11 Å². The smallest absolute Gasteiger partial charge is 0.119 e. The van der Waals surface area contributed by atoms with Crippen LogP contribution in [-0.4, -0.2) is 18.8 Å². The van der Waals surface area contributed by atoms with Gasteiger partial charge in [-0.2, -0.15) is 0 Å². The van der Waals surface area contributed by atoms with Crippen molar-refractivity contribution in [2.45, 2.75) is 18.4 Å². The van der Waals surface area contributed by atoms with Crippen molar-refractivity contribution in [2.75, 3.05) is 13.7 Å². The van der Waals surface area contributed by atoms with Crippen molar-refractivity contribution in [3.8, 4) is 5.75 Å². The Morgan fingerprint density at radius 2 is 2.36 bits per heavy atom. The van der Waals surface area contributed by atoms with Crippen molar-refractivity contribution in [1.29, 1.82) is 0 Å². The van der Waals surface area contributed by atoms with Crippen LogP contribution < -0.4 is 5.73 Å². The average molecular weight is 193 g/mol. The highest BCUT2D eigenvalue weighted by Crippen LogP contribution is 2.39. The lowest BCUT2D eigenvalue weighted by Gasteiger charge is -2.24. The minimum atomic E-state index is -0.414. The third-order valence-electron chi connectivity index (χ3n) is 2.91. The SMILES string of the molecule is COCC1(N)CCc2c(O)cccc21. The fraction of sp³-hybridized carbons (Fsp3) is 0.455. The van der Waals surface area contributed by atoms with Crippen LogP contribution >= 0.6 is 0 Å². The molecule has 0 fully saturated rings. The molecular weight excluding hydrogens is 178 g/mol. The van der Waals surface area contributed by atoms with Crippen LogP contribution in [0.2, 0.25) is 0 Å². The van der Waals surface area contributed by atoms with Crippen molar-refractivity contribution in [3.63, 3.8) is 0 Å². The molecule has 76 valence electrons. The van der Waals surface area contributed by atoms with Crippen LogP contribution in [0, 0.1) is 0 Å². The Morgan fingerprint density at radius 1 is 1.57 bits per heavy atom. The second-order valence-corrected chi connectivity index (χ2v) is 3.89. The monoisotopic (exact) mass is 193 g/mol. The normalized spacial score (nSPS) is 25.0. The predicted molar refractivity (Wildman–Crippen MR) is 54.2 cm³/mol. The van der Waals surface area contributed by atoms with Crippen LogP contribution in [0.15, 0.2) is 18.2 Å². The molecule has 0 saturated carbocycles. The van der Waals surface area contributed by atoms with Gasteiger partial charge in [0.15, 0.2) is 0 Å². The molecule has 0 bridgehead atoms. The van der Waals surface area contributed by atoms with Crippen LogP contribution in [-0.2, 0) is 16.7 Å². The van der Waals surface area contributed by atoms with E-state index in [4.69, 9.17) is 10.5 Å².